The Hall–Kier alpha value is -2.81. The van der Waals surface area contributed by atoms with Gasteiger partial charge in [-0.25, -0.2) is 13.0 Å². The monoisotopic (exact) mass is 413 g/mol. The minimum Gasteiger partial charge on any atom is -0.726 e. The number of para-hydroxylation sites is 2. The number of nitrogens with zero attached hydrogens (tertiary/aromatic N) is 3. The highest BCUT2D eigenvalue weighted by atomic mass is 32.3. The van der Waals surface area contributed by atoms with E-state index in [1.165, 1.54) is 22.2 Å². The Kier molecular flexibility index (Phi) is 6.58. The van der Waals surface area contributed by atoms with E-state index in [1.807, 2.05) is 6.21 Å². The fraction of sp³-hybridized carbons (Fsp3) is 0.238. The largest absolute Gasteiger partial charge is 0.726 e. The fourth-order valence-electron chi connectivity index (χ4n) is 3.27. The van der Waals surface area contributed by atoms with Gasteiger partial charge in [-0.05, 0) is 30.5 Å². The standard InChI is InChI=1S/C20H20N3.CH4O4S/c1-22-14-12-17(18-9-3-5-11-20(18)22)15-21-23-13-6-8-16-7-2-4-10-19(16)23;1-5-6(2,3)4/h2-5,7,9-12,14-15H,6,8,13H2,1H3;1H3,(H,2,3,4)/q+1;/p-1. The molecule has 8 heteroatoms. The SMILES string of the molecule is COS(=O)(=O)[O-].C[n+]1ccc(C=NN2CCCc3ccccc32)c2ccccc21. The molecule has 0 atom stereocenters. The van der Waals surface area contributed by atoms with Crippen molar-refractivity contribution in [3.63, 3.8) is 0 Å². The van der Waals surface area contributed by atoms with Crippen molar-refractivity contribution in [2.45, 2.75) is 12.8 Å². The summed E-state index contributed by atoms with van der Waals surface area (Å²) in [4.78, 5) is 0. The molecule has 1 aromatic heterocycles. The van der Waals surface area contributed by atoms with Crippen LogP contribution in [0.2, 0.25) is 0 Å². The first-order valence-corrected chi connectivity index (χ1v) is 10.5. The van der Waals surface area contributed by atoms with Gasteiger partial charge in [-0.2, -0.15) is 5.10 Å². The van der Waals surface area contributed by atoms with Crippen LogP contribution in [0.3, 0.4) is 0 Å². The van der Waals surface area contributed by atoms with E-state index in [1.54, 1.807) is 0 Å². The molecule has 0 fully saturated rings. The number of benzene rings is 2. The predicted octanol–water partition coefficient (Wildman–Crippen LogP) is 2.54. The molecule has 29 heavy (non-hydrogen) atoms. The highest BCUT2D eigenvalue weighted by Crippen LogP contribution is 2.26. The molecular formula is C21H23N3O4S. The maximum Gasteiger partial charge on any atom is 0.217 e. The lowest BCUT2D eigenvalue weighted by molar-refractivity contribution is -0.644. The van der Waals surface area contributed by atoms with Crippen molar-refractivity contribution in [3.05, 3.63) is 71.9 Å². The first-order chi connectivity index (χ1) is 13.9. The number of fused-ring (bicyclic) bond motifs is 2. The summed E-state index contributed by atoms with van der Waals surface area (Å²) in [5.41, 5.74) is 5.00. The number of pyridine rings is 1. The predicted molar refractivity (Wildman–Crippen MR) is 112 cm³/mol. The zero-order valence-corrected chi connectivity index (χ0v) is 17.2. The van der Waals surface area contributed by atoms with Crippen LogP contribution in [0.1, 0.15) is 17.5 Å². The molecule has 0 saturated carbocycles. The van der Waals surface area contributed by atoms with Gasteiger partial charge in [-0.15, -0.1) is 0 Å². The minimum absolute atomic E-state index is 0.808. The van der Waals surface area contributed by atoms with E-state index in [4.69, 9.17) is 5.10 Å². The number of aryl methyl sites for hydroxylation is 2. The van der Waals surface area contributed by atoms with Gasteiger partial charge in [0.1, 0.15) is 7.05 Å². The smallest absolute Gasteiger partial charge is 0.217 e. The van der Waals surface area contributed by atoms with Gasteiger partial charge in [-0.1, -0.05) is 30.3 Å². The second-order valence-corrected chi connectivity index (χ2v) is 7.72. The van der Waals surface area contributed by atoms with E-state index < -0.39 is 10.4 Å². The molecular weight excluding hydrogens is 390 g/mol. The Morgan fingerprint density at radius 3 is 2.59 bits per heavy atom. The van der Waals surface area contributed by atoms with E-state index in [2.05, 4.69) is 81.6 Å². The molecule has 4 rings (SSSR count). The number of hydrazone groups is 1. The molecule has 0 amide bonds. The number of aromatic nitrogens is 1. The molecule has 0 N–H and O–H groups in total. The van der Waals surface area contributed by atoms with Gasteiger partial charge >= 0.3 is 0 Å². The third-order valence-electron chi connectivity index (χ3n) is 4.70. The summed E-state index contributed by atoms with van der Waals surface area (Å²) in [7, 11) is -1.53. The quantitative estimate of drug-likeness (QED) is 0.285. The van der Waals surface area contributed by atoms with Crippen molar-refractivity contribution in [3.8, 4) is 0 Å². The topological polar surface area (TPSA) is 85.9 Å². The van der Waals surface area contributed by atoms with Crippen LogP contribution in [0.4, 0.5) is 5.69 Å². The first-order valence-electron chi connectivity index (χ1n) is 9.17. The van der Waals surface area contributed by atoms with E-state index in [0.29, 0.717) is 0 Å². The summed E-state index contributed by atoms with van der Waals surface area (Å²) in [5, 5.41) is 8.13. The lowest BCUT2D eigenvalue weighted by Gasteiger charge is -2.26. The van der Waals surface area contributed by atoms with Gasteiger partial charge in [0.15, 0.2) is 6.20 Å². The van der Waals surface area contributed by atoms with E-state index >= 15 is 0 Å². The molecule has 1 aliphatic rings. The van der Waals surface area contributed by atoms with Crippen LogP contribution >= 0.6 is 0 Å². The van der Waals surface area contributed by atoms with E-state index in [-0.39, 0.29) is 0 Å². The Labute approximate surface area is 170 Å². The zero-order valence-electron chi connectivity index (χ0n) is 16.4. The molecule has 1 aliphatic heterocycles. The van der Waals surface area contributed by atoms with Crippen LogP contribution in [0, 0.1) is 0 Å². The van der Waals surface area contributed by atoms with Gasteiger partial charge in [0, 0.05) is 24.2 Å². The molecule has 7 nitrogen and oxygen atoms in total. The summed E-state index contributed by atoms with van der Waals surface area (Å²) in [6.07, 6.45) is 6.38. The number of rotatable bonds is 3. The third kappa shape index (κ3) is 5.38. The van der Waals surface area contributed by atoms with Crippen molar-refractivity contribution in [1.82, 2.24) is 0 Å². The van der Waals surface area contributed by atoms with Crippen molar-refractivity contribution < 1.29 is 21.7 Å². The third-order valence-corrected chi connectivity index (χ3v) is 5.11. The summed E-state index contributed by atoms with van der Waals surface area (Å²) in [6.45, 7) is 0.978. The van der Waals surface area contributed by atoms with Crippen LogP contribution < -0.4 is 9.58 Å². The highest BCUT2D eigenvalue weighted by Gasteiger charge is 2.15. The number of anilines is 1. The second-order valence-electron chi connectivity index (χ2n) is 6.57. The van der Waals surface area contributed by atoms with E-state index in [9.17, 15) is 13.0 Å². The van der Waals surface area contributed by atoms with Gasteiger partial charge in [0.2, 0.25) is 15.9 Å². The van der Waals surface area contributed by atoms with Crippen LogP contribution in [0.5, 0.6) is 0 Å². The Bertz CT molecular complexity index is 1130. The maximum absolute atomic E-state index is 9.22. The molecule has 3 aromatic rings. The summed E-state index contributed by atoms with van der Waals surface area (Å²) >= 11 is 0. The van der Waals surface area contributed by atoms with Crippen molar-refractivity contribution >= 4 is 33.2 Å². The second kappa shape index (κ2) is 9.13. The van der Waals surface area contributed by atoms with Crippen LogP contribution in [-0.4, -0.2) is 32.8 Å². The lowest BCUT2D eigenvalue weighted by Crippen LogP contribution is -2.28. The Morgan fingerprint density at radius 2 is 1.83 bits per heavy atom. The van der Waals surface area contributed by atoms with Crippen LogP contribution in [0.25, 0.3) is 10.9 Å². The number of hydrogen-bond donors (Lipinski definition) is 0. The van der Waals surface area contributed by atoms with Gasteiger partial charge in [0.05, 0.1) is 24.4 Å². The molecule has 0 saturated heterocycles. The van der Waals surface area contributed by atoms with Crippen LogP contribution in [-0.2, 0) is 28.1 Å². The average molecular weight is 413 g/mol. The highest BCUT2D eigenvalue weighted by molar-refractivity contribution is 7.80. The molecule has 2 aromatic carbocycles. The zero-order chi connectivity index (χ0) is 20.9. The van der Waals surface area contributed by atoms with Crippen molar-refractivity contribution in [2.24, 2.45) is 12.1 Å². The fourth-order valence-corrected chi connectivity index (χ4v) is 3.27. The first kappa shape index (κ1) is 20.9. The molecule has 152 valence electrons. The van der Waals surface area contributed by atoms with Crippen molar-refractivity contribution in [2.75, 3.05) is 18.7 Å². The van der Waals surface area contributed by atoms with E-state index in [0.717, 1.165) is 32.1 Å². The lowest BCUT2D eigenvalue weighted by atomic mass is 10.0. The van der Waals surface area contributed by atoms with Crippen LogP contribution in [0.15, 0.2) is 65.9 Å². The minimum atomic E-state index is -4.41. The molecule has 0 spiro atoms. The summed E-state index contributed by atoms with van der Waals surface area (Å²) in [5.74, 6) is 0. The van der Waals surface area contributed by atoms with Gasteiger partial charge < -0.3 is 4.55 Å². The maximum atomic E-state index is 9.22. The van der Waals surface area contributed by atoms with Gasteiger partial charge in [0.25, 0.3) is 0 Å². The average Bonchev–Trinajstić information content (AvgIpc) is 2.73. The van der Waals surface area contributed by atoms with Gasteiger partial charge in [-0.3, -0.25) is 9.19 Å². The number of hydrogen-bond acceptors (Lipinski definition) is 6. The molecule has 0 bridgehead atoms. The summed E-state index contributed by atoms with van der Waals surface area (Å²) < 4.78 is 33.2. The molecule has 0 unspecified atom stereocenters. The van der Waals surface area contributed by atoms with Crippen molar-refractivity contribution in [1.29, 1.82) is 0 Å². The Morgan fingerprint density at radius 1 is 1.14 bits per heavy atom. The molecule has 0 radical (unpaired) electrons. The Balaban J connectivity index is 0.000000353. The molecule has 2 heterocycles. The molecule has 0 aliphatic carbocycles. The normalized spacial score (nSPS) is 13.8. The summed E-state index contributed by atoms with van der Waals surface area (Å²) in [6, 6.07) is 19.1.